The minimum Gasteiger partial charge on any atom is -0.446 e. The minimum atomic E-state index is 0.709. The van der Waals surface area contributed by atoms with E-state index in [1.807, 2.05) is 54.9 Å². The highest BCUT2D eigenvalue weighted by Gasteiger charge is 2.08. The fourth-order valence-electron chi connectivity index (χ4n) is 1.87. The average Bonchev–Trinajstić information content (AvgIpc) is 2.86. The Balaban J connectivity index is 2.03. The number of hydrogen-bond donors (Lipinski definition) is 1. The maximum Gasteiger partial charge on any atom is 0.210 e. The molecule has 0 fully saturated rings. The van der Waals surface area contributed by atoms with Gasteiger partial charge in [-0.25, -0.2) is 4.98 Å². The number of fused-ring (bicyclic) bond motifs is 1. The van der Waals surface area contributed by atoms with Gasteiger partial charge in [-0.2, -0.15) is 0 Å². The van der Waals surface area contributed by atoms with Gasteiger partial charge in [-0.1, -0.05) is 12.1 Å². The molecule has 0 saturated heterocycles. The maximum absolute atomic E-state index is 5.47. The zero-order valence-electron chi connectivity index (χ0n) is 9.77. The standard InChI is InChI=1S/C13H13N3O/c1-9-7-8-12(17-9)15-13-14-10-5-3-4-6-11(10)16(13)2/h3-8H,1-2H3,(H,14,15). The molecule has 3 rings (SSSR count). The largest absolute Gasteiger partial charge is 0.446 e. The van der Waals surface area contributed by atoms with E-state index in [2.05, 4.69) is 10.3 Å². The summed E-state index contributed by atoms with van der Waals surface area (Å²) in [7, 11) is 1.98. The van der Waals surface area contributed by atoms with Crippen LogP contribution in [0.15, 0.2) is 40.8 Å². The first-order valence-electron chi connectivity index (χ1n) is 5.49. The number of rotatable bonds is 2. The smallest absolute Gasteiger partial charge is 0.210 e. The van der Waals surface area contributed by atoms with E-state index in [4.69, 9.17) is 4.42 Å². The van der Waals surface area contributed by atoms with Crippen LogP contribution in [0.4, 0.5) is 11.8 Å². The zero-order valence-corrected chi connectivity index (χ0v) is 9.77. The lowest BCUT2D eigenvalue weighted by Crippen LogP contribution is -1.97. The SMILES string of the molecule is Cc1ccc(Nc2nc3ccccc3n2C)o1. The van der Waals surface area contributed by atoms with Gasteiger partial charge in [-0.3, -0.25) is 5.32 Å². The van der Waals surface area contributed by atoms with Crippen molar-refractivity contribution in [3.63, 3.8) is 0 Å². The molecule has 1 N–H and O–H groups in total. The van der Waals surface area contributed by atoms with Gasteiger partial charge in [0.05, 0.1) is 11.0 Å². The average molecular weight is 227 g/mol. The molecule has 0 spiro atoms. The van der Waals surface area contributed by atoms with Gasteiger partial charge in [-0.05, 0) is 25.1 Å². The second kappa shape index (κ2) is 3.66. The normalized spacial score (nSPS) is 10.9. The Morgan fingerprint density at radius 3 is 2.71 bits per heavy atom. The molecule has 3 aromatic rings. The third-order valence-electron chi connectivity index (χ3n) is 2.76. The van der Waals surface area contributed by atoms with E-state index < -0.39 is 0 Å². The van der Waals surface area contributed by atoms with Crippen LogP contribution in [0.2, 0.25) is 0 Å². The molecule has 1 aromatic carbocycles. The summed E-state index contributed by atoms with van der Waals surface area (Å²) >= 11 is 0. The van der Waals surface area contributed by atoms with Crippen LogP contribution in [0, 0.1) is 6.92 Å². The van der Waals surface area contributed by atoms with Gasteiger partial charge in [0.2, 0.25) is 5.95 Å². The second-order valence-corrected chi connectivity index (χ2v) is 4.02. The van der Waals surface area contributed by atoms with Gasteiger partial charge < -0.3 is 8.98 Å². The van der Waals surface area contributed by atoms with Crippen LogP contribution >= 0.6 is 0 Å². The fourth-order valence-corrected chi connectivity index (χ4v) is 1.87. The monoisotopic (exact) mass is 227 g/mol. The molecule has 0 bridgehead atoms. The Bertz CT molecular complexity index is 666. The summed E-state index contributed by atoms with van der Waals surface area (Å²) in [6.45, 7) is 1.92. The quantitative estimate of drug-likeness (QED) is 0.731. The summed E-state index contributed by atoms with van der Waals surface area (Å²) in [4.78, 5) is 4.51. The minimum absolute atomic E-state index is 0.709. The lowest BCUT2D eigenvalue weighted by Gasteiger charge is -2.02. The number of hydrogen-bond acceptors (Lipinski definition) is 3. The molecular weight excluding hydrogens is 214 g/mol. The Hall–Kier alpha value is -2.23. The van der Waals surface area contributed by atoms with E-state index in [1.165, 1.54) is 0 Å². The van der Waals surface area contributed by atoms with Gasteiger partial charge in [0.15, 0.2) is 5.88 Å². The molecule has 0 aliphatic rings. The van der Waals surface area contributed by atoms with E-state index in [0.29, 0.717) is 5.88 Å². The van der Waals surface area contributed by atoms with Crippen molar-refractivity contribution in [1.82, 2.24) is 9.55 Å². The highest BCUT2D eigenvalue weighted by atomic mass is 16.4. The first kappa shape index (κ1) is 9.96. The van der Waals surface area contributed by atoms with Gasteiger partial charge in [-0.15, -0.1) is 0 Å². The number of nitrogens with one attached hydrogen (secondary N) is 1. The fraction of sp³-hybridized carbons (Fsp3) is 0.154. The molecule has 86 valence electrons. The lowest BCUT2D eigenvalue weighted by atomic mass is 10.3. The van der Waals surface area contributed by atoms with Crippen molar-refractivity contribution < 1.29 is 4.42 Å². The number of para-hydroxylation sites is 2. The molecule has 0 aliphatic heterocycles. The summed E-state index contributed by atoms with van der Waals surface area (Å²) in [5, 5.41) is 3.17. The molecular formula is C13H13N3O. The van der Waals surface area contributed by atoms with E-state index >= 15 is 0 Å². The molecule has 4 heteroatoms. The molecule has 2 aromatic heterocycles. The Labute approximate surface area is 98.9 Å². The molecule has 0 saturated carbocycles. The number of furan rings is 1. The van der Waals surface area contributed by atoms with Gasteiger partial charge in [0.25, 0.3) is 0 Å². The summed E-state index contributed by atoms with van der Waals surface area (Å²) < 4.78 is 7.48. The molecule has 0 atom stereocenters. The van der Waals surface area contributed by atoms with Crippen LogP contribution < -0.4 is 5.32 Å². The molecule has 0 aliphatic carbocycles. The lowest BCUT2D eigenvalue weighted by molar-refractivity contribution is 0.550. The van der Waals surface area contributed by atoms with Gasteiger partial charge in [0.1, 0.15) is 5.76 Å². The molecule has 17 heavy (non-hydrogen) atoms. The van der Waals surface area contributed by atoms with Crippen molar-refractivity contribution in [3.05, 3.63) is 42.2 Å². The summed E-state index contributed by atoms with van der Waals surface area (Å²) in [5.74, 6) is 2.37. The van der Waals surface area contributed by atoms with E-state index in [9.17, 15) is 0 Å². The van der Waals surface area contributed by atoms with Crippen LogP contribution in [0.5, 0.6) is 0 Å². The highest BCUT2D eigenvalue weighted by molar-refractivity contribution is 5.79. The number of aromatic nitrogens is 2. The molecule has 0 unspecified atom stereocenters. The first-order valence-corrected chi connectivity index (χ1v) is 5.49. The van der Waals surface area contributed by atoms with Crippen LogP contribution in [0.1, 0.15) is 5.76 Å². The van der Waals surface area contributed by atoms with Crippen molar-refractivity contribution in [2.24, 2.45) is 7.05 Å². The third kappa shape index (κ3) is 1.67. The topological polar surface area (TPSA) is 43.0 Å². The van der Waals surface area contributed by atoms with Crippen molar-refractivity contribution in [3.8, 4) is 0 Å². The molecule has 0 amide bonds. The number of anilines is 2. The van der Waals surface area contributed by atoms with Crippen LogP contribution in [-0.4, -0.2) is 9.55 Å². The maximum atomic E-state index is 5.47. The highest BCUT2D eigenvalue weighted by Crippen LogP contribution is 2.22. The van der Waals surface area contributed by atoms with Crippen molar-refractivity contribution in [2.75, 3.05) is 5.32 Å². The summed E-state index contributed by atoms with van der Waals surface area (Å²) in [5.41, 5.74) is 2.07. The molecule has 0 radical (unpaired) electrons. The summed E-state index contributed by atoms with van der Waals surface area (Å²) in [6.07, 6.45) is 0. The van der Waals surface area contributed by atoms with Crippen molar-refractivity contribution in [2.45, 2.75) is 6.92 Å². The van der Waals surface area contributed by atoms with Crippen molar-refractivity contribution >= 4 is 22.9 Å². The van der Waals surface area contributed by atoms with Crippen LogP contribution in [0.3, 0.4) is 0 Å². The van der Waals surface area contributed by atoms with Gasteiger partial charge in [0, 0.05) is 13.1 Å². The Kier molecular flexibility index (Phi) is 2.14. The van der Waals surface area contributed by atoms with Gasteiger partial charge >= 0.3 is 0 Å². The Morgan fingerprint density at radius 1 is 1.18 bits per heavy atom. The number of aryl methyl sites for hydroxylation is 2. The third-order valence-corrected chi connectivity index (χ3v) is 2.76. The molecule has 2 heterocycles. The second-order valence-electron chi connectivity index (χ2n) is 4.02. The Morgan fingerprint density at radius 2 is 2.00 bits per heavy atom. The van der Waals surface area contributed by atoms with E-state index in [1.54, 1.807) is 0 Å². The first-order chi connectivity index (χ1) is 8.24. The van der Waals surface area contributed by atoms with E-state index in [-0.39, 0.29) is 0 Å². The summed E-state index contributed by atoms with van der Waals surface area (Å²) in [6, 6.07) is 11.8. The van der Waals surface area contributed by atoms with Crippen molar-refractivity contribution in [1.29, 1.82) is 0 Å². The van der Waals surface area contributed by atoms with Crippen LogP contribution in [-0.2, 0) is 7.05 Å². The number of imidazole rings is 1. The van der Waals surface area contributed by atoms with Crippen LogP contribution in [0.25, 0.3) is 11.0 Å². The predicted octanol–water partition coefficient (Wildman–Crippen LogP) is 3.22. The number of nitrogens with zero attached hydrogens (tertiary/aromatic N) is 2. The predicted molar refractivity (Wildman–Crippen MR) is 67.4 cm³/mol. The number of benzene rings is 1. The molecule has 4 nitrogen and oxygen atoms in total. The van der Waals surface area contributed by atoms with E-state index in [0.717, 1.165) is 22.7 Å². The zero-order chi connectivity index (χ0) is 11.8.